The zero-order chi connectivity index (χ0) is 22.1. The number of nitrogens with zero attached hydrogens (tertiary/aromatic N) is 3. The molecule has 0 saturated carbocycles. The highest BCUT2D eigenvalue weighted by Gasteiger charge is 2.14. The van der Waals surface area contributed by atoms with Crippen molar-refractivity contribution in [2.75, 3.05) is 5.32 Å². The van der Waals surface area contributed by atoms with E-state index in [-0.39, 0.29) is 11.6 Å². The Morgan fingerprint density at radius 1 is 0.935 bits per heavy atom. The van der Waals surface area contributed by atoms with Crippen LogP contribution in [0.1, 0.15) is 32.2 Å². The molecular formula is C23H20ClN5O2. The van der Waals surface area contributed by atoms with Crippen LogP contribution in [0.5, 0.6) is 0 Å². The Kier molecular flexibility index (Phi) is 5.35. The van der Waals surface area contributed by atoms with Gasteiger partial charge in [-0.15, -0.1) is 0 Å². The van der Waals surface area contributed by atoms with Crippen molar-refractivity contribution >= 4 is 29.1 Å². The molecule has 2 aromatic heterocycles. The predicted octanol–water partition coefficient (Wildman–Crippen LogP) is 4.28. The zero-order valence-corrected chi connectivity index (χ0v) is 17.7. The van der Waals surface area contributed by atoms with Crippen molar-refractivity contribution in [1.82, 2.24) is 14.3 Å². The number of rotatable bonds is 5. The molecule has 0 saturated heterocycles. The molecule has 2 heterocycles. The van der Waals surface area contributed by atoms with Gasteiger partial charge in [-0.2, -0.15) is 5.10 Å². The van der Waals surface area contributed by atoms with Gasteiger partial charge in [-0.25, -0.2) is 4.68 Å². The molecule has 0 atom stereocenters. The molecule has 0 unspecified atom stereocenters. The van der Waals surface area contributed by atoms with Crippen molar-refractivity contribution < 1.29 is 9.59 Å². The summed E-state index contributed by atoms with van der Waals surface area (Å²) in [6.45, 7) is 4.02. The molecule has 4 rings (SSSR count). The molecule has 0 aliphatic rings. The van der Waals surface area contributed by atoms with Gasteiger partial charge < -0.3 is 15.6 Å². The van der Waals surface area contributed by atoms with Crippen LogP contribution >= 0.6 is 11.6 Å². The van der Waals surface area contributed by atoms with Crippen molar-refractivity contribution in [1.29, 1.82) is 0 Å². The van der Waals surface area contributed by atoms with Crippen molar-refractivity contribution in [3.05, 3.63) is 94.5 Å². The highest BCUT2D eigenvalue weighted by molar-refractivity contribution is 6.34. The number of carbonyl (C=O) groups is 2. The van der Waals surface area contributed by atoms with Crippen molar-refractivity contribution in [3.63, 3.8) is 0 Å². The number of hydrogen-bond acceptors (Lipinski definition) is 3. The number of carbonyl (C=O) groups excluding carboxylic acids is 2. The number of primary amides is 1. The molecule has 0 radical (unpaired) electrons. The van der Waals surface area contributed by atoms with Crippen molar-refractivity contribution in [2.45, 2.75) is 13.8 Å². The first-order chi connectivity index (χ1) is 14.8. The smallest absolute Gasteiger partial charge is 0.269 e. The maximum atomic E-state index is 12.9. The van der Waals surface area contributed by atoms with Gasteiger partial charge >= 0.3 is 0 Å². The fourth-order valence-electron chi connectivity index (χ4n) is 3.40. The molecule has 156 valence electrons. The van der Waals surface area contributed by atoms with E-state index in [1.165, 1.54) is 4.68 Å². The highest BCUT2D eigenvalue weighted by atomic mass is 35.5. The Morgan fingerprint density at radius 2 is 1.58 bits per heavy atom. The summed E-state index contributed by atoms with van der Waals surface area (Å²) in [6.07, 6.45) is 1.64. The number of hydrogen-bond donors (Lipinski definition) is 2. The third-order valence-electron chi connectivity index (χ3n) is 4.96. The lowest BCUT2D eigenvalue weighted by Crippen LogP contribution is -2.13. The Morgan fingerprint density at radius 3 is 2.19 bits per heavy atom. The molecule has 0 aliphatic heterocycles. The number of anilines is 1. The number of benzene rings is 2. The number of aryl methyl sites for hydroxylation is 2. The van der Waals surface area contributed by atoms with Crippen LogP contribution in [-0.4, -0.2) is 26.2 Å². The van der Waals surface area contributed by atoms with E-state index in [1.54, 1.807) is 48.7 Å². The monoisotopic (exact) mass is 433 g/mol. The molecule has 2 amide bonds. The largest absolute Gasteiger partial charge is 0.364 e. The summed E-state index contributed by atoms with van der Waals surface area (Å²) in [6, 6.07) is 18.0. The Hall–Kier alpha value is -3.84. The molecule has 0 aliphatic carbocycles. The van der Waals surface area contributed by atoms with E-state index in [9.17, 15) is 9.59 Å². The highest BCUT2D eigenvalue weighted by Crippen LogP contribution is 2.24. The van der Waals surface area contributed by atoms with Gasteiger partial charge in [0.2, 0.25) is 0 Å². The lowest BCUT2D eigenvalue weighted by atomic mass is 10.1. The molecule has 3 N–H and O–H groups in total. The number of halogens is 1. The molecule has 2 aromatic carbocycles. The van der Waals surface area contributed by atoms with E-state index in [4.69, 9.17) is 17.3 Å². The second-order valence-electron chi connectivity index (χ2n) is 7.13. The van der Waals surface area contributed by atoms with Crippen molar-refractivity contribution in [2.24, 2.45) is 5.73 Å². The predicted molar refractivity (Wildman–Crippen MR) is 120 cm³/mol. The molecule has 0 fully saturated rings. The maximum Gasteiger partial charge on any atom is 0.269 e. The Balaban J connectivity index is 1.55. The standard InChI is InChI=1S/C23H20ClN5O2/c1-14-3-4-15(2)29(14)18-9-10-20(24)19(13-18)23(31)26-16-5-7-17(8-6-16)28-12-11-21(27-28)22(25)30/h3-13H,1-2H3,(H2,25,30)(H,26,31). The number of aromatic nitrogens is 3. The van der Waals surface area contributed by atoms with E-state index >= 15 is 0 Å². The van der Waals surface area contributed by atoms with Crippen molar-refractivity contribution in [3.8, 4) is 11.4 Å². The average molecular weight is 434 g/mol. The third kappa shape index (κ3) is 4.08. The maximum absolute atomic E-state index is 12.9. The van der Waals surface area contributed by atoms with Gasteiger partial charge in [-0.3, -0.25) is 9.59 Å². The summed E-state index contributed by atoms with van der Waals surface area (Å²) in [5, 5.41) is 7.35. The minimum atomic E-state index is -0.591. The zero-order valence-electron chi connectivity index (χ0n) is 17.0. The molecule has 0 bridgehead atoms. The second-order valence-corrected chi connectivity index (χ2v) is 7.53. The molecule has 31 heavy (non-hydrogen) atoms. The molecule has 7 nitrogen and oxygen atoms in total. The van der Waals surface area contributed by atoms with Crippen LogP contribution in [0.3, 0.4) is 0 Å². The quantitative estimate of drug-likeness (QED) is 0.491. The minimum Gasteiger partial charge on any atom is -0.364 e. The van der Waals surface area contributed by atoms with Gasteiger partial charge in [0.1, 0.15) is 5.69 Å². The van der Waals surface area contributed by atoms with Crippen LogP contribution < -0.4 is 11.1 Å². The van der Waals surface area contributed by atoms with E-state index in [2.05, 4.69) is 15.0 Å². The van der Waals surface area contributed by atoms with E-state index in [0.717, 1.165) is 22.8 Å². The summed E-state index contributed by atoms with van der Waals surface area (Å²) >= 11 is 6.31. The van der Waals surface area contributed by atoms with Crippen LogP contribution in [-0.2, 0) is 0 Å². The summed E-state index contributed by atoms with van der Waals surface area (Å²) in [5.74, 6) is -0.899. The number of nitrogens with one attached hydrogen (secondary N) is 1. The van der Waals surface area contributed by atoms with E-state index < -0.39 is 5.91 Å². The first-order valence-electron chi connectivity index (χ1n) is 9.55. The van der Waals surface area contributed by atoms with E-state index in [0.29, 0.717) is 16.3 Å². The Bertz CT molecular complexity index is 1270. The summed E-state index contributed by atoms with van der Waals surface area (Å²) < 4.78 is 3.60. The molecule has 4 aromatic rings. The number of nitrogens with two attached hydrogens (primary N) is 1. The van der Waals surface area contributed by atoms with Crippen LogP contribution in [0.15, 0.2) is 66.9 Å². The minimum absolute atomic E-state index is 0.181. The Labute approximate surface area is 184 Å². The van der Waals surface area contributed by atoms with Crippen LogP contribution in [0, 0.1) is 13.8 Å². The van der Waals surface area contributed by atoms with Gasteiger partial charge in [-0.05, 0) is 74.5 Å². The van der Waals surface area contributed by atoms with Gasteiger partial charge in [-0.1, -0.05) is 11.6 Å². The first-order valence-corrected chi connectivity index (χ1v) is 9.93. The van der Waals surface area contributed by atoms with Gasteiger partial charge in [0.15, 0.2) is 0 Å². The average Bonchev–Trinajstić information content (AvgIpc) is 3.36. The lowest BCUT2D eigenvalue weighted by Gasteiger charge is -2.13. The summed E-state index contributed by atoms with van der Waals surface area (Å²) in [4.78, 5) is 24.1. The SMILES string of the molecule is Cc1ccc(C)n1-c1ccc(Cl)c(C(=O)Nc2ccc(-n3ccc(C(N)=O)n3)cc2)c1. The number of amides is 2. The second kappa shape index (κ2) is 8.12. The topological polar surface area (TPSA) is 94.9 Å². The van der Waals surface area contributed by atoms with Crippen LogP contribution in [0.2, 0.25) is 5.02 Å². The summed E-state index contributed by atoms with van der Waals surface area (Å²) in [5.41, 5.74) is 10.1. The van der Waals surface area contributed by atoms with Gasteiger partial charge in [0, 0.05) is 29.0 Å². The third-order valence-corrected chi connectivity index (χ3v) is 5.28. The molecular weight excluding hydrogens is 414 g/mol. The molecule has 8 heteroatoms. The molecule has 0 spiro atoms. The first kappa shape index (κ1) is 20.4. The lowest BCUT2D eigenvalue weighted by molar-refractivity contribution is 0.0993. The van der Waals surface area contributed by atoms with E-state index in [1.807, 2.05) is 32.0 Å². The van der Waals surface area contributed by atoms with Crippen LogP contribution in [0.4, 0.5) is 5.69 Å². The van der Waals surface area contributed by atoms with Gasteiger partial charge in [0.05, 0.1) is 16.3 Å². The van der Waals surface area contributed by atoms with Crippen LogP contribution in [0.25, 0.3) is 11.4 Å². The van der Waals surface area contributed by atoms with Gasteiger partial charge in [0.25, 0.3) is 11.8 Å². The summed E-state index contributed by atoms with van der Waals surface area (Å²) in [7, 11) is 0. The fraction of sp³-hybridized carbons (Fsp3) is 0.0870. The normalized spacial score (nSPS) is 10.8. The fourth-order valence-corrected chi connectivity index (χ4v) is 3.60.